The highest BCUT2D eigenvalue weighted by atomic mass is 79.9. The second kappa shape index (κ2) is 15.4. The molecule has 0 saturated carbocycles. The lowest BCUT2D eigenvalue weighted by atomic mass is 9.84. The second-order valence-electron chi connectivity index (χ2n) is 16.4. The van der Waals surface area contributed by atoms with Gasteiger partial charge in [0.2, 0.25) is 0 Å². The molecule has 1 unspecified atom stereocenters. The van der Waals surface area contributed by atoms with E-state index < -0.39 is 15.8 Å². The summed E-state index contributed by atoms with van der Waals surface area (Å²) in [4.78, 5) is 0. The highest BCUT2D eigenvalue weighted by Gasteiger charge is 2.34. The standard InChI is InChI=1S/C56H37Br3P2/c57-48-27-36-17-5-9-21-40(36)54-45(48)31-60(30-44-43(34-14-2-1-3-15-34)26-35-16-4-8-20-39(35)53(44)54)51-24-12-13-25-52(51)61-32-46-49(58)28-37-18-6-10-22-41(37)55(46)56-42-23-11-7-19-38(42)29-50(59)47(56)33-61/h1-29H,30-33H2. The fourth-order valence-electron chi connectivity index (χ4n) is 10.3. The summed E-state index contributed by atoms with van der Waals surface area (Å²) in [6.07, 6.45) is 4.02. The molecule has 0 saturated heterocycles. The zero-order valence-electron chi connectivity index (χ0n) is 33.1. The first-order chi connectivity index (χ1) is 30.0. The van der Waals surface area contributed by atoms with Gasteiger partial charge in [-0.2, -0.15) is 0 Å². The molecule has 10 aromatic carbocycles. The number of fused-ring (bicyclic) bond motifs is 14. The quantitative estimate of drug-likeness (QED) is 0.155. The second-order valence-corrected chi connectivity index (χ2v) is 23.3. The van der Waals surface area contributed by atoms with Gasteiger partial charge < -0.3 is 0 Å². The third-order valence-electron chi connectivity index (χ3n) is 13.0. The lowest BCUT2D eigenvalue weighted by molar-refractivity contribution is 1.37. The van der Waals surface area contributed by atoms with Crippen LogP contribution < -0.4 is 10.6 Å². The molecule has 10 aromatic rings. The highest BCUT2D eigenvalue weighted by Crippen LogP contribution is 2.59. The summed E-state index contributed by atoms with van der Waals surface area (Å²) in [5.74, 6) is 0. The first-order valence-corrected chi connectivity index (χ1v) is 26.6. The van der Waals surface area contributed by atoms with E-state index in [2.05, 4.69) is 224 Å². The van der Waals surface area contributed by atoms with Crippen molar-refractivity contribution in [2.45, 2.75) is 24.6 Å². The molecule has 292 valence electrons. The zero-order chi connectivity index (χ0) is 40.8. The van der Waals surface area contributed by atoms with E-state index >= 15 is 0 Å². The van der Waals surface area contributed by atoms with Gasteiger partial charge in [-0.15, -0.1) is 0 Å². The van der Waals surface area contributed by atoms with Crippen LogP contribution in [0.3, 0.4) is 0 Å². The fourth-order valence-corrected chi connectivity index (χ4v) is 18.7. The van der Waals surface area contributed by atoms with E-state index in [4.69, 9.17) is 0 Å². The van der Waals surface area contributed by atoms with Gasteiger partial charge in [0.25, 0.3) is 0 Å². The van der Waals surface area contributed by atoms with Crippen molar-refractivity contribution >= 4 is 117 Å². The number of hydrogen-bond acceptors (Lipinski definition) is 0. The molecule has 61 heavy (non-hydrogen) atoms. The molecule has 0 aliphatic carbocycles. The van der Waals surface area contributed by atoms with Gasteiger partial charge in [0.1, 0.15) is 0 Å². The van der Waals surface area contributed by atoms with Gasteiger partial charge >= 0.3 is 0 Å². The molecule has 0 spiro atoms. The topological polar surface area (TPSA) is 0 Å². The lowest BCUT2D eigenvalue weighted by Gasteiger charge is -2.27. The molecule has 2 aliphatic heterocycles. The van der Waals surface area contributed by atoms with Crippen molar-refractivity contribution in [3.05, 3.63) is 212 Å². The van der Waals surface area contributed by atoms with Crippen molar-refractivity contribution in [3.8, 4) is 33.4 Å². The van der Waals surface area contributed by atoms with Crippen LogP contribution in [0.5, 0.6) is 0 Å². The minimum Gasteiger partial charge on any atom is -0.0656 e. The molecule has 0 nitrogen and oxygen atoms in total. The Kier molecular flexibility index (Phi) is 9.66. The molecule has 12 rings (SSSR count). The molecule has 0 aromatic heterocycles. The summed E-state index contributed by atoms with van der Waals surface area (Å²) < 4.78 is 3.63. The maximum absolute atomic E-state index is 4.22. The van der Waals surface area contributed by atoms with E-state index in [-0.39, 0.29) is 0 Å². The Morgan fingerprint density at radius 1 is 0.311 bits per heavy atom. The average Bonchev–Trinajstić information content (AvgIpc) is 3.60. The predicted octanol–water partition coefficient (Wildman–Crippen LogP) is 17.2. The Morgan fingerprint density at radius 2 is 0.623 bits per heavy atom. The number of hydrogen-bond donors (Lipinski definition) is 0. The molecule has 0 radical (unpaired) electrons. The summed E-state index contributed by atoms with van der Waals surface area (Å²) in [6, 6.07) is 66.4. The first-order valence-electron chi connectivity index (χ1n) is 20.8. The van der Waals surface area contributed by atoms with E-state index in [0.717, 1.165) is 24.6 Å². The third-order valence-corrected chi connectivity index (χ3v) is 20.2. The molecule has 1 atom stereocenters. The van der Waals surface area contributed by atoms with Gasteiger partial charge in [0, 0.05) is 13.4 Å². The molecule has 2 heterocycles. The summed E-state index contributed by atoms with van der Waals surface area (Å²) in [7, 11) is -1.37. The molecule has 0 bridgehead atoms. The molecule has 0 fully saturated rings. The fraction of sp³-hybridized carbons (Fsp3) is 0.0714. The van der Waals surface area contributed by atoms with Gasteiger partial charge in [0.05, 0.1) is 0 Å². The van der Waals surface area contributed by atoms with Crippen molar-refractivity contribution in [2.24, 2.45) is 0 Å². The van der Waals surface area contributed by atoms with E-state index in [0.29, 0.717) is 0 Å². The first kappa shape index (κ1) is 38.2. The monoisotopic (exact) mass is 1010 g/mol. The number of halogens is 3. The largest absolute Gasteiger partial charge is 0.0656 e. The maximum Gasteiger partial charge on any atom is 0.0223 e. The van der Waals surface area contributed by atoms with Crippen LogP contribution in [0.1, 0.15) is 22.3 Å². The Hall–Kier alpha value is -4.46. The van der Waals surface area contributed by atoms with Gasteiger partial charge in [-0.3, -0.25) is 0 Å². The van der Waals surface area contributed by atoms with Gasteiger partial charge in [0.15, 0.2) is 0 Å². The number of benzene rings is 10. The Bertz CT molecular complexity index is 3340. The van der Waals surface area contributed by atoms with E-state index in [1.165, 1.54) is 112 Å². The van der Waals surface area contributed by atoms with Gasteiger partial charge in [-0.25, -0.2) is 0 Å². The van der Waals surface area contributed by atoms with E-state index in [1.807, 2.05) is 0 Å². The lowest BCUT2D eigenvalue weighted by Crippen LogP contribution is -2.23. The molecule has 2 aliphatic rings. The van der Waals surface area contributed by atoms with Crippen LogP contribution >= 0.6 is 63.6 Å². The average molecular weight is 1010 g/mol. The molecule has 5 heteroatoms. The SMILES string of the molecule is Brc1cc2ccccc2c2c1CP(c1ccccc1P1Cc3c(Br)cc4ccccc4c3-c3c(c(-c4ccccc4)cc4ccccc34)C1)Cc1c(Br)cc3ccccc3c1-2. The Morgan fingerprint density at radius 3 is 1.03 bits per heavy atom. The zero-order valence-corrected chi connectivity index (χ0v) is 39.6. The summed E-state index contributed by atoms with van der Waals surface area (Å²) >= 11 is 12.6. The summed E-state index contributed by atoms with van der Waals surface area (Å²) in [5, 5.41) is 13.5. The molecular weight excluding hydrogens is 974 g/mol. The predicted molar refractivity (Wildman–Crippen MR) is 277 cm³/mol. The maximum atomic E-state index is 4.22. The van der Waals surface area contributed by atoms with Crippen LogP contribution in [-0.2, 0) is 24.6 Å². The highest BCUT2D eigenvalue weighted by molar-refractivity contribution is 9.11. The smallest absolute Gasteiger partial charge is 0.0223 e. The van der Waals surface area contributed by atoms with Crippen LogP contribution in [-0.4, -0.2) is 0 Å². The van der Waals surface area contributed by atoms with Crippen LogP contribution in [0.4, 0.5) is 0 Å². The van der Waals surface area contributed by atoms with Crippen molar-refractivity contribution in [1.82, 2.24) is 0 Å². The van der Waals surface area contributed by atoms with Crippen molar-refractivity contribution in [3.63, 3.8) is 0 Å². The number of rotatable bonds is 3. The van der Waals surface area contributed by atoms with Gasteiger partial charge in [-0.05, 0) is 158 Å². The van der Waals surface area contributed by atoms with Crippen molar-refractivity contribution < 1.29 is 0 Å². The van der Waals surface area contributed by atoms with Crippen LogP contribution in [0, 0.1) is 0 Å². The van der Waals surface area contributed by atoms with E-state index in [9.17, 15) is 0 Å². The third kappa shape index (κ3) is 6.33. The summed E-state index contributed by atoms with van der Waals surface area (Å²) in [5.41, 5.74) is 14.0. The molecule has 0 amide bonds. The normalized spacial score (nSPS) is 15.0. The van der Waals surface area contributed by atoms with Crippen LogP contribution in [0.2, 0.25) is 0 Å². The van der Waals surface area contributed by atoms with E-state index in [1.54, 1.807) is 10.6 Å². The Balaban J connectivity index is 1.11. The molecular formula is C56H37Br3P2. The van der Waals surface area contributed by atoms with Crippen LogP contribution in [0.15, 0.2) is 189 Å². The van der Waals surface area contributed by atoms with Gasteiger partial charge in [-0.1, -0.05) is 215 Å². The molecule has 0 N–H and O–H groups in total. The Labute approximate surface area is 383 Å². The summed E-state index contributed by atoms with van der Waals surface area (Å²) in [6.45, 7) is 0. The van der Waals surface area contributed by atoms with Crippen molar-refractivity contribution in [2.75, 3.05) is 0 Å². The van der Waals surface area contributed by atoms with Crippen LogP contribution in [0.25, 0.3) is 76.5 Å². The minimum absolute atomic E-state index is 0.670. The minimum atomic E-state index is -0.698. The van der Waals surface area contributed by atoms with Crippen molar-refractivity contribution in [1.29, 1.82) is 0 Å².